The van der Waals surface area contributed by atoms with Gasteiger partial charge in [0.2, 0.25) is 0 Å². The van der Waals surface area contributed by atoms with Crippen molar-refractivity contribution in [2.75, 3.05) is 0 Å². The van der Waals surface area contributed by atoms with Crippen LogP contribution in [-0.4, -0.2) is 15.3 Å². The maximum absolute atomic E-state index is 9.45. The molecule has 2 aromatic rings. The van der Waals surface area contributed by atoms with E-state index in [2.05, 4.69) is 0 Å². The number of benzene rings is 2. The molecule has 0 saturated carbocycles. The smallest absolute Gasteiger partial charge is 0.119 e. The molecule has 0 aliphatic heterocycles. The van der Waals surface area contributed by atoms with Crippen LogP contribution in [0, 0.1) is 0 Å². The molecule has 0 aromatic heterocycles. The number of rotatable bonds is 3. The molecule has 3 heteroatoms. The fourth-order valence-electron chi connectivity index (χ4n) is 2.01. The quantitative estimate of drug-likeness (QED) is 0.777. The van der Waals surface area contributed by atoms with Gasteiger partial charge >= 0.3 is 0 Å². The monoisotopic (exact) mass is 244 g/mol. The van der Waals surface area contributed by atoms with Crippen LogP contribution in [-0.2, 0) is 6.42 Å². The molecule has 0 spiro atoms. The Balaban J connectivity index is 2.16. The fourth-order valence-corrected chi connectivity index (χ4v) is 2.01. The van der Waals surface area contributed by atoms with Crippen molar-refractivity contribution < 1.29 is 15.3 Å². The second kappa shape index (κ2) is 5.00. The van der Waals surface area contributed by atoms with Crippen LogP contribution < -0.4 is 0 Å². The second-order valence-corrected chi connectivity index (χ2v) is 4.55. The summed E-state index contributed by atoms with van der Waals surface area (Å²) in [5, 5.41) is 28.1. The van der Waals surface area contributed by atoms with Crippen molar-refractivity contribution in [1.82, 2.24) is 0 Å². The van der Waals surface area contributed by atoms with E-state index in [1.807, 2.05) is 19.1 Å². The first-order chi connectivity index (χ1) is 8.54. The van der Waals surface area contributed by atoms with E-state index >= 15 is 0 Å². The van der Waals surface area contributed by atoms with Crippen LogP contribution in [0.25, 0.3) is 0 Å². The standard InChI is InChI=1S/C15H16O3/c1-10(6-11-2-4-13(16)5-3-11)12-7-14(17)9-15(18)8-12/h2-5,7-10,16-18H,6H2,1H3/t10-/m0/s1. The van der Waals surface area contributed by atoms with Gasteiger partial charge in [0.1, 0.15) is 17.2 Å². The van der Waals surface area contributed by atoms with E-state index in [1.165, 1.54) is 6.07 Å². The summed E-state index contributed by atoms with van der Waals surface area (Å²) in [7, 11) is 0. The highest BCUT2D eigenvalue weighted by atomic mass is 16.3. The molecule has 18 heavy (non-hydrogen) atoms. The fraction of sp³-hybridized carbons (Fsp3) is 0.200. The lowest BCUT2D eigenvalue weighted by Crippen LogP contribution is -1.98. The lowest BCUT2D eigenvalue weighted by atomic mass is 9.93. The predicted molar refractivity (Wildman–Crippen MR) is 70.0 cm³/mol. The van der Waals surface area contributed by atoms with Crippen molar-refractivity contribution in [3.8, 4) is 17.2 Å². The van der Waals surface area contributed by atoms with Crippen molar-refractivity contribution in [2.24, 2.45) is 0 Å². The Morgan fingerprint density at radius 1 is 0.833 bits per heavy atom. The Bertz CT molecular complexity index is 512. The summed E-state index contributed by atoms with van der Waals surface area (Å²) in [6.45, 7) is 2.03. The Labute approximate surface area is 106 Å². The van der Waals surface area contributed by atoms with Crippen LogP contribution in [0.1, 0.15) is 24.0 Å². The van der Waals surface area contributed by atoms with Crippen LogP contribution in [0.5, 0.6) is 17.2 Å². The summed E-state index contributed by atoms with van der Waals surface area (Å²) in [4.78, 5) is 0. The third kappa shape index (κ3) is 2.94. The molecule has 0 radical (unpaired) electrons. The maximum Gasteiger partial charge on any atom is 0.119 e. The zero-order valence-corrected chi connectivity index (χ0v) is 10.2. The molecule has 1 atom stereocenters. The number of phenols is 3. The van der Waals surface area contributed by atoms with Crippen molar-refractivity contribution in [3.63, 3.8) is 0 Å². The van der Waals surface area contributed by atoms with E-state index in [4.69, 9.17) is 0 Å². The summed E-state index contributed by atoms with van der Waals surface area (Å²) in [6.07, 6.45) is 0.781. The molecule has 0 aliphatic carbocycles. The minimum Gasteiger partial charge on any atom is -0.508 e. The largest absolute Gasteiger partial charge is 0.508 e. The van der Waals surface area contributed by atoms with E-state index in [0.717, 1.165) is 17.5 Å². The Hall–Kier alpha value is -2.16. The van der Waals surface area contributed by atoms with Gasteiger partial charge in [-0.15, -0.1) is 0 Å². The lowest BCUT2D eigenvalue weighted by molar-refractivity contribution is 0.448. The molecule has 0 saturated heterocycles. The topological polar surface area (TPSA) is 60.7 Å². The molecule has 0 heterocycles. The highest BCUT2D eigenvalue weighted by Gasteiger charge is 2.09. The summed E-state index contributed by atoms with van der Waals surface area (Å²) in [5.74, 6) is 0.569. The Kier molecular flexibility index (Phi) is 3.42. The molecular formula is C15H16O3. The SMILES string of the molecule is C[C@@H](Cc1ccc(O)cc1)c1cc(O)cc(O)c1. The molecule has 3 nitrogen and oxygen atoms in total. The van der Waals surface area contributed by atoms with Gasteiger partial charge in [-0.3, -0.25) is 0 Å². The van der Waals surface area contributed by atoms with Gasteiger partial charge in [-0.05, 0) is 47.7 Å². The van der Waals surface area contributed by atoms with Crippen molar-refractivity contribution >= 4 is 0 Å². The molecule has 0 unspecified atom stereocenters. The van der Waals surface area contributed by atoms with E-state index in [9.17, 15) is 15.3 Å². The third-order valence-electron chi connectivity index (χ3n) is 2.97. The van der Waals surface area contributed by atoms with Crippen LogP contribution in [0.4, 0.5) is 0 Å². The number of hydrogen-bond acceptors (Lipinski definition) is 3. The van der Waals surface area contributed by atoms with Gasteiger partial charge in [-0.25, -0.2) is 0 Å². The number of aromatic hydroxyl groups is 3. The highest BCUT2D eigenvalue weighted by molar-refractivity contribution is 5.39. The van der Waals surface area contributed by atoms with Crippen molar-refractivity contribution in [2.45, 2.75) is 19.3 Å². The molecule has 0 amide bonds. The van der Waals surface area contributed by atoms with Gasteiger partial charge in [0, 0.05) is 6.07 Å². The zero-order chi connectivity index (χ0) is 13.1. The Morgan fingerprint density at radius 2 is 1.39 bits per heavy atom. The molecule has 0 aliphatic rings. The second-order valence-electron chi connectivity index (χ2n) is 4.55. The molecule has 0 fully saturated rings. The van der Waals surface area contributed by atoms with Crippen LogP contribution in [0.3, 0.4) is 0 Å². The first kappa shape index (κ1) is 12.3. The van der Waals surface area contributed by atoms with Crippen molar-refractivity contribution in [1.29, 1.82) is 0 Å². The van der Waals surface area contributed by atoms with Gasteiger partial charge in [0.25, 0.3) is 0 Å². The number of phenolic OH excluding ortho intramolecular Hbond substituents is 3. The molecule has 94 valence electrons. The first-order valence-electron chi connectivity index (χ1n) is 5.85. The molecular weight excluding hydrogens is 228 g/mol. The molecule has 2 aromatic carbocycles. The minimum atomic E-state index is 0.0718. The van der Waals surface area contributed by atoms with Crippen LogP contribution >= 0.6 is 0 Å². The minimum absolute atomic E-state index is 0.0718. The van der Waals surface area contributed by atoms with Gasteiger partial charge < -0.3 is 15.3 Å². The van der Waals surface area contributed by atoms with Gasteiger partial charge in [0.05, 0.1) is 0 Å². The summed E-state index contributed by atoms with van der Waals surface area (Å²) in [6, 6.07) is 11.7. The maximum atomic E-state index is 9.45. The third-order valence-corrected chi connectivity index (χ3v) is 2.97. The van der Waals surface area contributed by atoms with Gasteiger partial charge in [0.15, 0.2) is 0 Å². The molecule has 0 bridgehead atoms. The van der Waals surface area contributed by atoms with E-state index < -0.39 is 0 Å². The zero-order valence-electron chi connectivity index (χ0n) is 10.2. The lowest BCUT2D eigenvalue weighted by Gasteiger charge is -2.13. The van der Waals surface area contributed by atoms with Gasteiger partial charge in [-0.2, -0.15) is 0 Å². The van der Waals surface area contributed by atoms with E-state index in [-0.39, 0.29) is 23.2 Å². The highest BCUT2D eigenvalue weighted by Crippen LogP contribution is 2.28. The summed E-state index contributed by atoms with van der Waals surface area (Å²) in [5.41, 5.74) is 1.99. The average Bonchev–Trinajstić information content (AvgIpc) is 2.31. The van der Waals surface area contributed by atoms with Crippen LogP contribution in [0.2, 0.25) is 0 Å². The van der Waals surface area contributed by atoms with Crippen LogP contribution in [0.15, 0.2) is 42.5 Å². The first-order valence-corrected chi connectivity index (χ1v) is 5.85. The Morgan fingerprint density at radius 3 is 1.94 bits per heavy atom. The predicted octanol–water partition coefficient (Wildman–Crippen LogP) is 3.15. The normalized spacial score (nSPS) is 12.3. The van der Waals surface area contributed by atoms with Crippen molar-refractivity contribution in [3.05, 3.63) is 53.6 Å². The summed E-state index contributed by atoms with van der Waals surface area (Å²) >= 11 is 0. The van der Waals surface area contributed by atoms with Gasteiger partial charge in [-0.1, -0.05) is 19.1 Å². The molecule has 2 rings (SSSR count). The average molecular weight is 244 g/mol. The van der Waals surface area contributed by atoms with E-state index in [1.54, 1.807) is 24.3 Å². The summed E-state index contributed by atoms with van der Waals surface area (Å²) < 4.78 is 0. The number of hydrogen-bond donors (Lipinski definition) is 3. The molecule has 3 N–H and O–H groups in total. The van der Waals surface area contributed by atoms with E-state index in [0.29, 0.717) is 0 Å².